The molecule has 1 fully saturated rings. The molecule has 1 aliphatic heterocycles. The Morgan fingerprint density at radius 2 is 2.12 bits per heavy atom. The average molecular weight is 435 g/mol. The van der Waals surface area contributed by atoms with E-state index in [-0.39, 0.29) is 17.7 Å². The fourth-order valence-corrected chi connectivity index (χ4v) is 4.39. The molecule has 4 heterocycles. The van der Waals surface area contributed by atoms with Crippen LogP contribution in [0.5, 0.6) is 0 Å². The van der Waals surface area contributed by atoms with Gasteiger partial charge in [-0.3, -0.25) is 14.6 Å². The molecule has 32 heavy (non-hydrogen) atoms. The molecule has 0 unspecified atom stereocenters. The van der Waals surface area contributed by atoms with Crippen molar-refractivity contribution in [3.8, 4) is 0 Å². The summed E-state index contributed by atoms with van der Waals surface area (Å²) < 4.78 is 1.88. The minimum Gasteiger partial charge on any atom is -0.352 e. The van der Waals surface area contributed by atoms with E-state index < -0.39 is 0 Å². The summed E-state index contributed by atoms with van der Waals surface area (Å²) in [5.41, 5.74) is 5.77. The molecule has 1 aliphatic rings. The molecule has 2 amide bonds. The van der Waals surface area contributed by atoms with Crippen molar-refractivity contribution in [3.63, 3.8) is 0 Å². The fraction of sp³-hybridized carbons (Fsp3) is 0.458. The van der Waals surface area contributed by atoms with Gasteiger partial charge in [-0.15, -0.1) is 0 Å². The third-order valence-corrected chi connectivity index (χ3v) is 6.26. The van der Waals surface area contributed by atoms with E-state index in [2.05, 4.69) is 10.3 Å². The van der Waals surface area contributed by atoms with E-state index in [0.29, 0.717) is 25.8 Å². The Bertz CT molecular complexity index is 1120. The smallest absolute Gasteiger partial charge is 0.222 e. The van der Waals surface area contributed by atoms with Crippen LogP contribution in [-0.2, 0) is 22.6 Å². The molecule has 8 nitrogen and oxygen atoms in total. The monoisotopic (exact) mass is 434 g/mol. The second-order valence-electron chi connectivity index (χ2n) is 8.42. The number of likely N-dealkylation sites (tertiary alicyclic amines) is 1. The fourth-order valence-electron chi connectivity index (χ4n) is 4.39. The molecular weight excluding hydrogens is 404 g/mol. The molecule has 0 saturated carbocycles. The SMILES string of the molecule is CCC(=O)N1CC[C@@H](c2cc3nc(C)c(CCC(=O)NCc4cccnc4)c(C)n3n2)C1. The van der Waals surface area contributed by atoms with Crippen molar-refractivity contribution in [2.45, 2.75) is 58.9 Å². The highest BCUT2D eigenvalue weighted by Gasteiger charge is 2.28. The third-order valence-electron chi connectivity index (χ3n) is 6.26. The number of aryl methyl sites for hydroxylation is 2. The van der Waals surface area contributed by atoms with Gasteiger partial charge in [0.2, 0.25) is 11.8 Å². The summed E-state index contributed by atoms with van der Waals surface area (Å²) in [6.45, 7) is 7.90. The highest BCUT2D eigenvalue weighted by Crippen LogP contribution is 2.28. The van der Waals surface area contributed by atoms with Gasteiger partial charge in [-0.25, -0.2) is 9.50 Å². The Labute approximate surface area is 188 Å². The Hall–Kier alpha value is -3.29. The largest absolute Gasteiger partial charge is 0.352 e. The van der Waals surface area contributed by atoms with Crippen molar-refractivity contribution in [2.75, 3.05) is 13.1 Å². The van der Waals surface area contributed by atoms with Crippen LogP contribution in [0.2, 0.25) is 0 Å². The van der Waals surface area contributed by atoms with Crippen LogP contribution in [0.15, 0.2) is 30.6 Å². The van der Waals surface area contributed by atoms with Gasteiger partial charge in [0.15, 0.2) is 5.65 Å². The van der Waals surface area contributed by atoms with Crippen molar-refractivity contribution >= 4 is 17.5 Å². The summed E-state index contributed by atoms with van der Waals surface area (Å²) in [5, 5.41) is 7.78. The van der Waals surface area contributed by atoms with E-state index in [9.17, 15) is 9.59 Å². The lowest BCUT2D eigenvalue weighted by atomic mass is 10.1. The van der Waals surface area contributed by atoms with Crippen molar-refractivity contribution in [3.05, 3.63) is 58.8 Å². The number of fused-ring (bicyclic) bond motifs is 1. The van der Waals surface area contributed by atoms with Crippen LogP contribution in [0.3, 0.4) is 0 Å². The summed E-state index contributed by atoms with van der Waals surface area (Å²) >= 11 is 0. The zero-order chi connectivity index (χ0) is 22.7. The molecule has 1 N–H and O–H groups in total. The number of nitrogens with zero attached hydrogens (tertiary/aromatic N) is 5. The number of hydrogen-bond acceptors (Lipinski definition) is 5. The predicted molar refractivity (Wildman–Crippen MR) is 121 cm³/mol. The van der Waals surface area contributed by atoms with Crippen molar-refractivity contribution in [1.29, 1.82) is 0 Å². The Morgan fingerprint density at radius 3 is 2.88 bits per heavy atom. The summed E-state index contributed by atoms with van der Waals surface area (Å²) in [6, 6.07) is 5.84. The van der Waals surface area contributed by atoms with Crippen molar-refractivity contribution in [2.24, 2.45) is 0 Å². The van der Waals surface area contributed by atoms with Crippen LogP contribution in [0.25, 0.3) is 5.65 Å². The second kappa shape index (κ2) is 9.46. The minimum absolute atomic E-state index is 0.000502. The first-order valence-corrected chi connectivity index (χ1v) is 11.3. The molecule has 0 bridgehead atoms. The maximum absolute atomic E-state index is 12.4. The molecular formula is C24H30N6O2. The van der Waals surface area contributed by atoms with E-state index in [0.717, 1.165) is 53.4 Å². The Morgan fingerprint density at radius 1 is 1.28 bits per heavy atom. The molecule has 168 valence electrons. The van der Waals surface area contributed by atoms with Gasteiger partial charge in [0.25, 0.3) is 0 Å². The normalized spacial score (nSPS) is 16.0. The van der Waals surface area contributed by atoms with Crippen LogP contribution in [0.4, 0.5) is 0 Å². The first-order valence-electron chi connectivity index (χ1n) is 11.3. The standard InChI is InChI=1S/C24H30N6O2/c1-4-24(32)29-11-9-19(15-29)21-12-22-27-16(2)20(17(3)30(22)28-21)7-8-23(31)26-14-18-6-5-10-25-13-18/h5-6,10,12-13,19H,4,7-9,11,14-15H2,1-3H3,(H,26,31)/t19-/m1/s1. The zero-order valence-electron chi connectivity index (χ0n) is 19.0. The number of nitrogens with one attached hydrogen (secondary N) is 1. The minimum atomic E-state index is 0.000502. The summed E-state index contributed by atoms with van der Waals surface area (Å²) in [5.74, 6) is 0.444. The molecule has 3 aromatic heterocycles. The van der Waals surface area contributed by atoms with Gasteiger partial charge in [-0.05, 0) is 43.9 Å². The van der Waals surface area contributed by atoms with E-state index >= 15 is 0 Å². The second-order valence-corrected chi connectivity index (χ2v) is 8.42. The molecule has 8 heteroatoms. The molecule has 1 saturated heterocycles. The van der Waals surface area contributed by atoms with Crippen molar-refractivity contribution in [1.82, 2.24) is 29.8 Å². The van der Waals surface area contributed by atoms with Crippen LogP contribution in [-0.4, -0.2) is 49.4 Å². The highest BCUT2D eigenvalue weighted by atomic mass is 16.2. The van der Waals surface area contributed by atoms with Crippen LogP contribution in [0.1, 0.15) is 60.3 Å². The van der Waals surface area contributed by atoms with E-state index in [1.807, 2.05) is 48.4 Å². The van der Waals surface area contributed by atoms with Crippen molar-refractivity contribution < 1.29 is 9.59 Å². The molecule has 3 aromatic rings. The molecule has 0 aliphatic carbocycles. The zero-order valence-corrected chi connectivity index (χ0v) is 19.0. The highest BCUT2D eigenvalue weighted by molar-refractivity contribution is 5.76. The maximum Gasteiger partial charge on any atom is 0.222 e. The number of carbonyl (C=O) groups is 2. The lowest BCUT2D eigenvalue weighted by Crippen LogP contribution is -2.27. The van der Waals surface area contributed by atoms with Crippen LogP contribution in [0, 0.1) is 13.8 Å². The van der Waals surface area contributed by atoms with E-state index in [1.165, 1.54) is 0 Å². The maximum atomic E-state index is 12.4. The Kier molecular flexibility index (Phi) is 6.48. The molecule has 4 rings (SSSR count). The quantitative estimate of drug-likeness (QED) is 0.617. The Balaban J connectivity index is 1.44. The predicted octanol–water partition coefficient (Wildman–Crippen LogP) is 2.72. The van der Waals surface area contributed by atoms with Gasteiger partial charge in [0.1, 0.15) is 0 Å². The first-order chi connectivity index (χ1) is 15.5. The molecule has 0 aromatic carbocycles. The third kappa shape index (κ3) is 4.64. The lowest BCUT2D eigenvalue weighted by Gasteiger charge is -2.14. The topological polar surface area (TPSA) is 92.5 Å². The summed E-state index contributed by atoms with van der Waals surface area (Å²) in [4.78, 5) is 35.1. The van der Waals surface area contributed by atoms with Gasteiger partial charge >= 0.3 is 0 Å². The number of pyridine rings is 1. The lowest BCUT2D eigenvalue weighted by molar-refractivity contribution is -0.129. The van der Waals surface area contributed by atoms with Gasteiger partial charge in [0.05, 0.1) is 5.69 Å². The number of carbonyl (C=O) groups excluding carboxylic acids is 2. The molecule has 0 spiro atoms. The number of aromatic nitrogens is 4. The number of amides is 2. The van der Waals surface area contributed by atoms with Gasteiger partial charge < -0.3 is 10.2 Å². The first kappa shape index (κ1) is 21.9. The summed E-state index contributed by atoms with van der Waals surface area (Å²) in [6.07, 6.45) is 5.93. The van der Waals surface area contributed by atoms with Gasteiger partial charge in [0, 0.05) is 68.2 Å². The van der Waals surface area contributed by atoms with Crippen LogP contribution >= 0.6 is 0 Å². The van der Waals surface area contributed by atoms with Crippen LogP contribution < -0.4 is 5.32 Å². The number of rotatable bonds is 7. The van der Waals surface area contributed by atoms with E-state index in [1.54, 1.807) is 12.4 Å². The van der Waals surface area contributed by atoms with E-state index in [4.69, 9.17) is 10.1 Å². The summed E-state index contributed by atoms with van der Waals surface area (Å²) in [7, 11) is 0. The average Bonchev–Trinajstić information content (AvgIpc) is 3.45. The number of hydrogen-bond donors (Lipinski definition) is 1. The molecule has 0 radical (unpaired) electrons. The molecule has 1 atom stereocenters. The van der Waals surface area contributed by atoms with Gasteiger partial charge in [-0.2, -0.15) is 5.10 Å². The van der Waals surface area contributed by atoms with Gasteiger partial charge in [-0.1, -0.05) is 13.0 Å².